The number of alkyl halides is 3. The van der Waals surface area contributed by atoms with Gasteiger partial charge in [0.05, 0.1) is 17.8 Å². The molecule has 7 nitrogen and oxygen atoms in total. The van der Waals surface area contributed by atoms with E-state index in [2.05, 4.69) is 0 Å². The largest absolute Gasteiger partial charge is 0.419 e. The molecule has 180 valence electrons. The van der Waals surface area contributed by atoms with Gasteiger partial charge in [-0.2, -0.15) is 13.2 Å². The molecule has 2 aromatic rings. The number of carbonyl (C=O) groups excluding carboxylic acids is 3. The van der Waals surface area contributed by atoms with Crippen LogP contribution in [0.15, 0.2) is 36.4 Å². The van der Waals surface area contributed by atoms with Crippen molar-refractivity contribution in [3.05, 3.63) is 58.9 Å². The number of halogens is 4. The summed E-state index contributed by atoms with van der Waals surface area (Å²) < 4.78 is 52.1. The van der Waals surface area contributed by atoms with Gasteiger partial charge < -0.3 is 14.9 Å². The first-order chi connectivity index (χ1) is 16.0. The van der Waals surface area contributed by atoms with Crippen molar-refractivity contribution in [1.82, 2.24) is 4.90 Å². The lowest BCUT2D eigenvalue weighted by Gasteiger charge is -2.36. The maximum Gasteiger partial charge on any atom is 0.419 e. The minimum Gasteiger partial charge on any atom is -0.376 e. The van der Waals surface area contributed by atoms with Crippen LogP contribution < -0.4 is 9.80 Å². The van der Waals surface area contributed by atoms with E-state index < -0.39 is 35.4 Å². The third-order valence-corrected chi connectivity index (χ3v) is 5.96. The van der Waals surface area contributed by atoms with Crippen LogP contribution in [0.25, 0.3) is 0 Å². The van der Waals surface area contributed by atoms with E-state index >= 15 is 0 Å². The minimum absolute atomic E-state index is 0.0597. The summed E-state index contributed by atoms with van der Waals surface area (Å²) in [6, 6.07) is 7.32. The summed E-state index contributed by atoms with van der Waals surface area (Å²) in [5.74, 6) is -3.11. The predicted molar refractivity (Wildman–Crippen MR) is 114 cm³/mol. The molecule has 1 atom stereocenters. The summed E-state index contributed by atoms with van der Waals surface area (Å²) in [5, 5.41) is 9.99. The first-order valence-electron chi connectivity index (χ1n) is 10.6. The molecule has 1 fully saturated rings. The van der Waals surface area contributed by atoms with Crippen LogP contribution in [0.1, 0.15) is 28.4 Å². The second kappa shape index (κ2) is 8.80. The van der Waals surface area contributed by atoms with Crippen LogP contribution in [0, 0.1) is 5.82 Å². The molecular formula is C23H21F4N3O4. The quantitative estimate of drug-likeness (QED) is 0.539. The Morgan fingerprint density at radius 3 is 2.41 bits per heavy atom. The third-order valence-electron chi connectivity index (χ3n) is 5.96. The van der Waals surface area contributed by atoms with E-state index in [1.165, 1.54) is 21.9 Å². The number of rotatable bonds is 4. The molecule has 1 unspecified atom stereocenters. The fourth-order valence-electron chi connectivity index (χ4n) is 4.25. The molecule has 11 heteroatoms. The molecule has 2 aliphatic heterocycles. The number of benzene rings is 2. The molecule has 2 heterocycles. The van der Waals surface area contributed by atoms with Gasteiger partial charge >= 0.3 is 6.18 Å². The molecule has 0 aliphatic carbocycles. The van der Waals surface area contributed by atoms with E-state index in [-0.39, 0.29) is 37.6 Å². The number of aliphatic hydroxyl groups excluding tert-OH is 1. The van der Waals surface area contributed by atoms with Gasteiger partial charge in [-0.1, -0.05) is 6.07 Å². The number of amides is 2. The van der Waals surface area contributed by atoms with Crippen molar-refractivity contribution in [3.63, 3.8) is 0 Å². The number of hydrogen-bond acceptors (Lipinski definition) is 5. The van der Waals surface area contributed by atoms with Crippen LogP contribution in [0.5, 0.6) is 0 Å². The lowest BCUT2D eigenvalue weighted by atomic mass is 9.96. The molecule has 0 aromatic heterocycles. The molecule has 2 aliphatic rings. The normalized spacial score (nSPS) is 19.6. The second-order valence-corrected chi connectivity index (χ2v) is 8.12. The van der Waals surface area contributed by atoms with Crippen LogP contribution in [0.3, 0.4) is 0 Å². The highest BCUT2D eigenvalue weighted by atomic mass is 19.4. The Hall–Kier alpha value is -3.31. The number of ketones is 1. The van der Waals surface area contributed by atoms with Gasteiger partial charge in [0.2, 0.25) is 11.7 Å². The second-order valence-electron chi connectivity index (χ2n) is 8.12. The number of anilines is 2. The van der Waals surface area contributed by atoms with Crippen LogP contribution in [0.2, 0.25) is 0 Å². The average Bonchev–Trinajstić information content (AvgIpc) is 2.77. The van der Waals surface area contributed by atoms with Crippen molar-refractivity contribution in [2.45, 2.75) is 25.7 Å². The number of fused-ring (bicyclic) bond motifs is 1. The predicted octanol–water partition coefficient (Wildman–Crippen LogP) is 2.60. The number of hydrogen-bond donors (Lipinski definition) is 1. The van der Waals surface area contributed by atoms with Gasteiger partial charge in [-0.15, -0.1) is 0 Å². The van der Waals surface area contributed by atoms with Crippen molar-refractivity contribution in [1.29, 1.82) is 0 Å². The maximum absolute atomic E-state index is 13.9. The van der Waals surface area contributed by atoms with E-state index in [0.29, 0.717) is 29.5 Å². The smallest absolute Gasteiger partial charge is 0.376 e. The van der Waals surface area contributed by atoms with Crippen molar-refractivity contribution in [2.75, 3.05) is 36.0 Å². The van der Waals surface area contributed by atoms with Crippen LogP contribution in [-0.2, 0) is 22.3 Å². The van der Waals surface area contributed by atoms with Crippen molar-refractivity contribution < 1.29 is 37.1 Å². The monoisotopic (exact) mass is 479 g/mol. The lowest BCUT2D eigenvalue weighted by Crippen LogP contribution is -2.50. The lowest BCUT2D eigenvalue weighted by molar-refractivity contribution is -0.140. The topological polar surface area (TPSA) is 81.2 Å². The van der Waals surface area contributed by atoms with E-state index in [1.807, 2.05) is 0 Å². The van der Waals surface area contributed by atoms with Gasteiger partial charge in [0.15, 0.2) is 6.10 Å². The number of Topliss-reactive ketones (excluding diaryl/α,β-unsaturated/α-hetero) is 1. The van der Waals surface area contributed by atoms with Crippen molar-refractivity contribution >= 4 is 29.0 Å². The Kier molecular flexibility index (Phi) is 6.17. The Balaban J connectivity index is 1.48. The van der Waals surface area contributed by atoms with Crippen LogP contribution in [-0.4, -0.2) is 59.9 Å². The van der Waals surface area contributed by atoms with Crippen LogP contribution in [0.4, 0.5) is 28.9 Å². The summed E-state index contributed by atoms with van der Waals surface area (Å²) in [7, 11) is 0. The van der Waals surface area contributed by atoms with Crippen LogP contribution >= 0.6 is 0 Å². The molecular weight excluding hydrogens is 458 g/mol. The highest BCUT2D eigenvalue weighted by Crippen LogP contribution is 2.33. The molecule has 1 N–H and O–H groups in total. The molecule has 34 heavy (non-hydrogen) atoms. The van der Waals surface area contributed by atoms with E-state index in [4.69, 9.17) is 0 Å². The SMILES string of the molecule is CCN1C(=O)C(O)C(=O)c2cc(N3CCN(Cc4ccc(C(F)(F)F)c(F)c4)CC3=O)ccc21. The third kappa shape index (κ3) is 4.28. The van der Waals surface area contributed by atoms with Gasteiger partial charge in [0, 0.05) is 37.4 Å². The number of piperazine rings is 1. The summed E-state index contributed by atoms with van der Waals surface area (Å²) in [4.78, 5) is 41.9. The summed E-state index contributed by atoms with van der Waals surface area (Å²) in [5.41, 5.74) is -0.101. The molecule has 0 saturated carbocycles. The standard InChI is InChI=1S/C23H21F4N3O4/c1-2-29-18-6-4-14(10-15(18)20(32)21(33)22(29)34)30-8-7-28(12-19(30)31)11-13-3-5-16(17(24)9-13)23(25,26)27/h3-6,9-10,21,33H,2,7-8,11-12H2,1H3. The van der Waals surface area contributed by atoms with E-state index in [0.717, 1.165) is 6.07 Å². The van der Waals surface area contributed by atoms with Gasteiger partial charge in [-0.05, 0) is 42.8 Å². The first kappa shape index (κ1) is 23.8. The number of likely N-dealkylation sites (N-methyl/N-ethyl adjacent to an activating group) is 1. The molecule has 4 rings (SSSR count). The summed E-state index contributed by atoms with van der Waals surface area (Å²) >= 11 is 0. The fraction of sp³-hybridized carbons (Fsp3) is 0.348. The number of carbonyl (C=O) groups is 3. The zero-order chi connectivity index (χ0) is 24.8. The Labute approximate surface area is 192 Å². The molecule has 0 bridgehead atoms. The summed E-state index contributed by atoms with van der Waals surface area (Å²) in [6.45, 7) is 2.60. The molecule has 0 spiro atoms. The maximum atomic E-state index is 13.9. The molecule has 2 amide bonds. The minimum atomic E-state index is -4.78. The van der Waals surface area contributed by atoms with E-state index in [1.54, 1.807) is 24.0 Å². The van der Waals surface area contributed by atoms with Crippen molar-refractivity contribution in [3.8, 4) is 0 Å². The number of aliphatic hydroxyl groups is 1. The van der Waals surface area contributed by atoms with Gasteiger partial charge in [-0.3, -0.25) is 19.3 Å². The van der Waals surface area contributed by atoms with Crippen molar-refractivity contribution in [2.24, 2.45) is 0 Å². The Morgan fingerprint density at radius 1 is 1.06 bits per heavy atom. The highest BCUT2D eigenvalue weighted by Gasteiger charge is 2.38. The Bertz CT molecular complexity index is 1170. The van der Waals surface area contributed by atoms with Gasteiger partial charge in [0.1, 0.15) is 5.82 Å². The molecule has 0 radical (unpaired) electrons. The molecule has 2 aromatic carbocycles. The molecule has 1 saturated heterocycles. The fourth-order valence-corrected chi connectivity index (χ4v) is 4.25. The van der Waals surface area contributed by atoms with E-state index in [9.17, 15) is 37.1 Å². The Morgan fingerprint density at radius 2 is 1.79 bits per heavy atom. The zero-order valence-electron chi connectivity index (χ0n) is 18.1. The summed E-state index contributed by atoms with van der Waals surface area (Å²) in [6.07, 6.45) is -6.57. The zero-order valence-corrected chi connectivity index (χ0v) is 18.1. The number of nitrogens with zero attached hydrogens (tertiary/aromatic N) is 3. The van der Waals surface area contributed by atoms with Gasteiger partial charge in [-0.25, -0.2) is 4.39 Å². The first-order valence-corrected chi connectivity index (χ1v) is 10.6. The highest BCUT2D eigenvalue weighted by molar-refractivity contribution is 6.24. The van der Waals surface area contributed by atoms with Gasteiger partial charge in [0.25, 0.3) is 5.91 Å². The average molecular weight is 479 g/mol.